The van der Waals surface area contributed by atoms with E-state index in [4.69, 9.17) is 18.9 Å². The van der Waals surface area contributed by atoms with Gasteiger partial charge in [-0.1, -0.05) is 17.7 Å². The number of carbonyl (C=O) groups excluding carboxylic acids is 1. The summed E-state index contributed by atoms with van der Waals surface area (Å²) in [6.07, 6.45) is 0. The van der Waals surface area contributed by atoms with Gasteiger partial charge >= 0.3 is 0 Å². The predicted octanol–water partition coefficient (Wildman–Crippen LogP) is 4.10. The Balaban J connectivity index is 2.01. The first-order valence-electron chi connectivity index (χ1n) is 11.5. The van der Waals surface area contributed by atoms with Gasteiger partial charge in [-0.3, -0.25) is 9.10 Å². The van der Waals surface area contributed by atoms with E-state index < -0.39 is 28.5 Å². The number of benzene rings is 3. The van der Waals surface area contributed by atoms with Crippen molar-refractivity contribution in [1.29, 1.82) is 0 Å². The van der Waals surface area contributed by atoms with Crippen LogP contribution in [0.25, 0.3) is 0 Å². The minimum atomic E-state index is -4.16. The number of aryl methyl sites for hydroxylation is 1. The number of sulfonamides is 1. The maximum Gasteiger partial charge on any atom is 0.264 e. The number of hydrogen-bond acceptors (Lipinski definition) is 7. The van der Waals surface area contributed by atoms with Gasteiger partial charge in [0.15, 0.2) is 0 Å². The number of nitrogens with one attached hydrogen (secondary N) is 1. The summed E-state index contributed by atoms with van der Waals surface area (Å²) < 4.78 is 50.1. The summed E-state index contributed by atoms with van der Waals surface area (Å²) in [5.74, 6) is 1.31. The highest BCUT2D eigenvalue weighted by molar-refractivity contribution is 7.92. The lowest BCUT2D eigenvalue weighted by Crippen LogP contribution is -2.41. The Morgan fingerprint density at radius 1 is 0.838 bits per heavy atom. The van der Waals surface area contributed by atoms with Gasteiger partial charge in [-0.25, -0.2) is 8.42 Å². The van der Waals surface area contributed by atoms with Crippen LogP contribution in [0.4, 0.5) is 5.69 Å². The van der Waals surface area contributed by atoms with E-state index in [1.165, 1.54) is 39.5 Å². The van der Waals surface area contributed by atoms with Crippen LogP contribution in [0.2, 0.25) is 0 Å². The quantitative estimate of drug-likeness (QED) is 0.400. The maximum absolute atomic E-state index is 13.8. The normalized spacial score (nSPS) is 11.8. The average Bonchev–Trinajstić information content (AvgIpc) is 2.91. The Bertz CT molecular complexity index is 1340. The van der Waals surface area contributed by atoms with Gasteiger partial charge in [0.25, 0.3) is 10.0 Å². The van der Waals surface area contributed by atoms with Crippen LogP contribution in [0.5, 0.6) is 23.0 Å². The molecule has 0 spiro atoms. The van der Waals surface area contributed by atoms with Crippen molar-refractivity contribution >= 4 is 21.6 Å². The first-order valence-corrected chi connectivity index (χ1v) is 12.9. The molecule has 1 N–H and O–H groups in total. The fourth-order valence-electron chi connectivity index (χ4n) is 3.80. The van der Waals surface area contributed by atoms with Gasteiger partial charge in [0.2, 0.25) is 5.91 Å². The van der Waals surface area contributed by atoms with E-state index in [0.29, 0.717) is 22.8 Å². The molecule has 0 aromatic heterocycles. The summed E-state index contributed by atoms with van der Waals surface area (Å²) in [6.45, 7) is 3.14. The fourth-order valence-corrected chi connectivity index (χ4v) is 5.23. The topological polar surface area (TPSA) is 103 Å². The van der Waals surface area contributed by atoms with Gasteiger partial charge in [0, 0.05) is 11.6 Å². The van der Waals surface area contributed by atoms with Crippen molar-refractivity contribution in [3.63, 3.8) is 0 Å². The molecule has 0 bridgehead atoms. The van der Waals surface area contributed by atoms with Crippen LogP contribution in [-0.4, -0.2) is 49.3 Å². The molecule has 0 heterocycles. The van der Waals surface area contributed by atoms with Gasteiger partial charge < -0.3 is 24.3 Å². The van der Waals surface area contributed by atoms with Crippen LogP contribution in [-0.2, 0) is 14.8 Å². The lowest BCUT2D eigenvalue weighted by atomic mass is 10.1. The summed E-state index contributed by atoms with van der Waals surface area (Å²) in [4.78, 5) is 13.3. The lowest BCUT2D eigenvalue weighted by molar-refractivity contribution is -0.120. The highest BCUT2D eigenvalue weighted by atomic mass is 32.2. The molecule has 0 radical (unpaired) electrons. The van der Waals surface area contributed by atoms with Crippen LogP contribution in [0.1, 0.15) is 24.1 Å². The van der Waals surface area contributed by atoms with Gasteiger partial charge in [-0.15, -0.1) is 0 Å². The predicted molar refractivity (Wildman–Crippen MR) is 141 cm³/mol. The van der Waals surface area contributed by atoms with Crippen molar-refractivity contribution in [1.82, 2.24) is 5.32 Å². The van der Waals surface area contributed by atoms with E-state index in [2.05, 4.69) is 5.32 Å². The van der Waals surface area contributed by atoms with E-state index in [1.54, 1.807) is 56.5 Å². The van der Waals surface area contributed by atoms with Crippen LogP contribution < -0.4 is 28.6 Å². The highest BCUT2D eigenvalue weighted by Crippen LogP contribution is 2.36. The summed E-state index contributed by atoms with van der Waals surface area (Å²) >= 11 is 0. The number of anilines is 1. The van der Waals surface area contributed by atoms with E-state index >= 15 is 0 Å². The molecule has 3 aromatic rings. The largest absolute Gasteiger partial charge is 0.497 e. The molecule has 0 aliphatic carbocycles. The molecule has 3 aromatic carbocycles. The third kappa shape index (κ3) is 6.26. The Kier molecular flexibility index (Phi) is 8.88. The molecule has 0 unspecified atom stereocenters. The van der Waals surface area contributed by atoms with Gasteiger partial charge in [-0.05, 0) is 56.3 Å². The molecule has 1 amide bonds. The zero-order valence-corrected chi connectivity index (χ0v) is 22.6. The average molecular weight is 529 g/mol. The third-order valence-electron chi connectivity index (χ3n) is 5.83. The lowest BCUT2D eigenvalue weighted by Gasteiger charge is -2.27. The second-order valence-electron chi connectivity index (χ2n) is 8.26. The molecule has 0 fully saturated rings. The summed E-state index contributed by atoms with van der Waals surface area (Å²) in [5, 5.41) is 2.87. The Morgan fingerprint density at radius 3 is 1.97 bits per heavy atom. The molecule has 1 atom stereocenters. The van der Waals surface area contributed by atoms with Crippen LogP contribution >= 0.6 is 0 Å². The van der Waals surface area contributed by atoms with Crippen molar-refractivity contribution in [2.45, 2.75) is 24.8 Å². The Hall–Kier alpha value is -3.92. The molecule has 198 valence electrons. The standard InChI is InChI=1S/C27H32N2O7S/c1-18-7-11-22(12-8-18)37(31,32)29(24-16-21(34-4)10-14-26(24)36-6)17-27(30)28-19(2)23-15-20(33-3)9-13-25(23)35-5/h7-16,19H,17H2,1-6H3,(H,28,30)/t19-/m1/s1. The number of methoxy groups -OCH3 is 4. The maximum atomic E-state index is 13.8. The monoisotopic (exact) mass is 528 g/mol. The number of rotatable bonds is 11. The van der Waals surface area contributed by atoms with Gasteiger partial charge in [0.05, 0.1) is 45.1 Å². The van der Waals surface area contributed by atoms with Gasteiger partial charge in [-0.2, -0.15) is 0 Å². The molecule has 0 aliphatic heterocycles. The SMILES string of the molecule is COc1ccc(OC)c([C@@H](C)NC(=O)CN(c2cc(OC)ccc2OC)S(=O)(=O)c2ccc(C)cc2)c1. The van der Waals surface area contributed by atoms with E-state index in [1.807, 2.05) is 6.92 Å². The molecule has 0 saturated heterocycles. The highest BCUT2D eigenvalue weighted by Gasteiger charge is 2.30. The number of amides is 1. The molecular formula is C27H32N2O7S. The van der Waals surface area contributed by atoms with Crippen molar-refractivity contribution in [3.05, 3.63) is 71.8 Å². The molecule has 37 heavy (non-hydrogen) atoms. The minimum absolute atomic E-state index is 0.0401. The van der Waals surface area contributed by atoms with Crippen molar-refractivity contribution in [2.24, 2.45) is 0 Å². The second kappa shape index (κ2) is 11.9. The van der Waals surface area contributed by atoms with Crippen LogP contribution in [0.15, 0.2) is 65.6 Å². The first-order chi connectivity index (χ1) is 17.6. The number of nitrogens with zero attached hydrogens (tertiary/aromatic N) is 1. The second-order valence-corrected chi connectivity index (χ2v) is 10.1. The van der Waals surface area contributed by atoms with Crippen molar-refractivity contribution in [2.75, 3.05) is 39.3 Å². The van der Waals surface area contributed by atoms with Crippen molar-refractivity contribution in [3.8, 4) is 23.0 Å². The molecule has 3 rings (SSSR count). The molecular weight excluding hydrogens is 496 g/mol. The smallest absolute Gasteiger partial charge is 0.264 e. The van der Waals surface area contributed by atoms with Crippen LogP contribution in [0.3, 0.4) is 0 Å². The van der Waals surface area contributed by atoms with Gasteiger partial charge in [0.1, 0.15) is 29.5 Å². The molecule has 0 saturated carbocycles. The Morgan fingerprint density at radius 2 is 1.41 bits per heavy atom. The first kappa shape index (κ1) is 27.7. The molecule has 9 nitrogen and oxygen atoms in total. The van der Waals surface area contributed by atoms with E-state index in [9.17, 15) is 13.2 Å². The number of ether oxygens (including phenoxy) is 4. The van der Waals surface area contributed by atoms with E-state index in [-0.39, 0.29) is 16.3 Å². The summed E-state index contributed by atoms with van der Waals surface area (Å²) in [6, 6.07) is 15.9. The van der Waals surface area contributed by atoms with Crippen molar-refractivity contribution < 1.29 is 32.2 Å². The van der Waals surface area contributed by atoms with Crippen LogP contribution in [0, 0.1) is 6.92 Å². The minimum Gasteiger partial charge on any atom is -0.497 e. The fraction of sp³-hybridized carbons (Fsp3) is 0.296. The summed E-state index contributed by atoms with van der Waals surface area (Å²) in [5.41, 5.74) is 1.76. The third-order valence-corrected chi connectivity index (χ3v) is 7.61. The molecule has 0 aliphatic rings. The zero-order chi connectivity index (χ0) is 27.2. The zero-order valence-electron chi connectivity index (χ0n) is 21.8. The van der Waals surface area contributed by atoms with E-state index in [0.717, 1.165) is 9.87 Å². The Labute approximate surface area is 218 Å². The number of hydrogen-bond donors (Lipinski definition) is 1. The summed E-state index contributed by atoms with van der Waals surface area (Å²) in [7, 11) is 1.83. The number of carbonyl (C=O) groups is 1. The molecule has 10 heteroatoms.